The van der Waals surface area contributed by atoms with E-state index in [-0.39, 0.29) is 12.3 Å². The van der Waals surface area contributed by atoms with Crippen molar-refractivity contribution in [2.45, 2.75) is 19.8 Å². The summed E-state index contributed by atoms with van der Waals surface area (Å²) in [4.78, 5) is 36.8. The maximum absolute atomic E-state index is 11.5. The van der Waals surface area contributed by atoms with Gasteiger partial charge in [-0.1, -0.05) is 6.92 Å². The number of likely N-dealkylation sites (N-methyl/N-ethyl adjacent to an activating group) is 1. The molecule has 0 radical (unpaired) electrons. The van der Waals surface area contributed by atoms with Gasteiger partial charge in [0.25, 0.3) is 0 Å². The Hall–Kier alpha value is -1.39. The van der Waals surface area contributed by atoms with Crippen molar-refractivity contribution in [1.29, 1.82) is 0 Å². The fraction of sp³-hybridized carbons (Fsp3) is 0.700. The first kappa shape index (κ1) is 11.7. The molecule has 1 aliphatic rings. The van der Waals surface area contributed by atoms with Crippen molar-refractivity contribution in [1.82, 2.24) is 9.80 Å². The smallest absolute Gasteiger partial charge is 0.312 e. The molecule has 1 aliphatic heterocycles. The van der Waals surface area contributed by atoms with E-state index >= 15 is 0 Å². The lowest BCUT2D eigenvalue weighted by atomic mass is 10.2. The van der Waals surface area contributed by atoms with Crippen LogP contribution in [-0.4, -0.2) is 54.1 Å². The number of carbonyl (C=O) groups excluding carboxylic acids is 3. The third kappa shape index (κ3) is 2.78. The summed E-state index contributed by atoms with van der Waals surface area (Å²) in [6, 6.07) is 0. The van der Waals surface area contributed by atoms with Crippen LogP contribution in [-0.2, 0) is 14.4 Å². The van der Waals surface area contributed by atoms with Gasteiger partial charge >= 0.3 is 11.8 Å². The number of piperazine rings is 1. The first-order valence-corrected chi connectivity index (χ1v) is 5.12. The number of amides is 2. The van der Waals surface area contributed by atoms with Crippen LogP contribution >= 0.6 is 0 Å². The molecule has 0 aromatic heterocycles. The summed E-state index contributed by atoms with van der Waals surface area (Å²) in [7, 11) is 1.59. The van der Waals surface area contributed by atoms with Gasteiger partial charge in [0.2, 0.25) is 0 Å². The Kier molecular flexibility index (Phi) is 3.82. The molecule has 1 saturated heterocycles. The molecular formula is C10H16N2O3. The largest absolute Gasteiger partial charge is 0.336 e. The van der Waals surface area contributed by atoms with E-state index in [0.717, 1.165) is 6.42 Å². The molecule has 0 aliphatic carbocycles. The van der Waals surface area contributed by atoms with Gasteiger partial charge in [-0.25, -0.2) is 0 Å². The minimum Gasteiger partial charge on any atom is -0.336 e. The van der Waals surface area contributed by atoms with Crippen LogP contribution in [0.1, 0.15) is 19.8 Å². The van der Waals surface area contributed by atoms with Crippen molar-refractivity contribution < 1.29 is 14.4 Å². The second-order valence-corrected chi connectivity index (χ2v) is 3.74. The molecule has 1 fully saturated rings. The van der Waals surface area contributed by atoms with Gasteiger partial charge in [0.1, 0.15) is 0 Å². The van der Waals surface area contributed by atoms with E-state index in [1.165, 1.54) is 9.80 Å². The molecule has 0 spiro atoms. The van der Waals surface area contributed by atoms with Crippen molar-refractivity contribution in [3.05, 3.63) is 0 Å². The van der Waals surface area contributed by atoms with Gasteiger partial charge in [-0.2, -0.15) is 0 Å². The normalized spacial score (nSPS) is 17.2. The number of hydrogen-bond acceptors (Lipinski definition) is 3. The Bertz CT molecular complexity index is 288. The van der Waals surface area contributed by atoms with E-state index in [1.54, 1.807) is 7.05 Å². The Morgan fingerprint density at radius 1 is 1.27 bits per heavy atom. The molecule has 84 valence electrons. The number of nitrogens with zero attached hydrogens (tertiary/aromatic N) is 2. The van der Waals surface area contributed by atoms with Gasteiger partial charge in [-0.3, -0.25) is 14.4 Å². The molecule has 2 amide bonds. The summed E-state index contributed by atoms with van der Waals surface area (Å²) >= 11 is 0. The summed E-state index contributed by atoms with van der Waals surface area (Å²) in [5.41, 5.74) is 0. The Labute approximate surface area is 89.0 Å². The maximum atomic E-state index is 11.5. The van der Waals surface area contributed by atoms with Crippen LogP contribution in [0.5, 0.6) is 0 Å². The highest BCUT2D eigenvalue weighted by atomic mass is 16.2. The molecule has 0 atom stereocenters. The van der Waals surface area contributed by atoms with Crippen LogP contribution in [0.3, 0.4) is 0 Å². The van der Waals surface area contributed by atoms with E-state index in [1.807, 2.05) is 6.92 Å². The zero-order chi connectivity index (χ0) is 11.4. The number of Topliss-reactive ketones (excluding diaryl/α,β-unsaturated/α-hetero) is 1. The standard InChI is InChI=1S/C10H16N2O3/c1-3-4-8(13)7-12-6-5-11(2)9(14)10(12)15/h3-7H2,1-2H3. The molecule has 0 bridgehead atoms. The van der Waals surface area contributed by atoms with Crippen LogP contribution in [0.25, 0.3) is 0 Å². The van der Waals surface area contributed by atoms with Crippen molar-refractivity contribution in [3.63, 3.8) is 0 Å². The predicted octanol–water partition coefficient (Wildman–Crippen LogP) is -0.344. The zero-order valence-electron chi connectivity index (χ0n) is 9.15. The van der Waals surface area contributed by atoms with E-state index < -0.39 is 11.8 Å². The molecule has 5 nitrogen and oxygen atoms in total. The van der Waals surface area contributed by atoms with Gasteiger partial charge in [0, 0.05) is 26.6 Å². The third-order valence-corrected chi connectivity index (χ3v) is 2.42. The molecule has 1 heterocycles. The van der Waals surface area contributed by atoms with E-state index in [9.17, 15) is 14.4 Å². The minimum atomic E-state index is -0.562. The van der Waals surface area contributed by atoms with Crippen LogP contribution < -0.4 is 0 Å². The second kappa shape index (κ2) is 4.91. The summed E-state index contributed by atoms with van der Waals surface area (Å²) in [5.74, 6) is -1.07. The van der Waals surface area contributed by atoms with Gasteiger partial charge in [-0.15, -0.1) is 0 Å². The monoisotopic (exact) mass is 212 g/mol. The molecule has 0 saturated carbocycles. The summed E-state index contributed by atoms with van der Waals surface area (Å²) in [6.07, 6.45) is 1.24. The number of carbonyl (C=O) groups is 3. The lowest BCUT2D eigenvalue weighted by molar-refractivity contribution is -0.155. The Morgan fingerprint density at radius 3 is 2.53 bits per heavy atom. The summed E-state index contributed by atoms with van der Waals surface area (Å²) in [5, 5.41) is 0. The lowest BCUT2D eigenvalue weighted by Gasteiger charge is -2.30. The van der Waals surface area contributed by atoms with Gasteiger partial charge in [-0.05, 0) is 6.42 Å². The summed E-state index contributed by atoms with van der Waals surface area (Å²) in [6.45, 7) is 2.95. The molecule has 0 unspecified atom stereocenters. The molecule has 1 rings (SSSR count). The highest BCUT2D eigenvalue weighted by molar-refractivity contribution is 6.35. The fourth-order valence-electron chi connectivity index (χ4n) is 1.49. The average Bonchev–Trinajstić information content (AvgIpc) is 2.20. The van der Waals surface area contributed by atoms with Crippen LogP contribution in [0.2, 0.25) is 0 Å². The van der Waals surface area contributed by atoms with Crippen LogP contribution in [0.15, 0.2) is 0 Å². The van der Waals surface area contributed by atoms with Crippen molar-refractivity contribution in [3.8, 4) is 0 Å². The van der Waals surface area contributed by atoms with Crippen molar-refractivity contribution in [2.24, 2.45) is 0 Å². The van der Waals surface area contributed by atoms with Gasteiger partial charge < -0.3 is 9.80 Å². The van der Waals surface area contributed by atoms with E-state index in [4.69, 9.17) is 0 Å². The first-order valence-electron chi connectivity index (χ1n) is 5.12. The third-order valence-electron chi connectivity index (χ3n) is 2.42. The van der Waals surface area contributed by atoms with E-state index in [0.29, 0.717) is 19.5 Å². The van der Waals surface area contributed by atoms with Crippen molar-refractivity contribution >= 4 is 17.6 Å². The van der Waals surface area contributed by atoms with Crippen molar-refractivity contribution in [2.75, 3.05) is 26.7 Å². The predicted molar refractivity (Wildman–Crippen MR) is 54.1 cm³/mol. The molecule has 0 N–H and O–H groups in total. The molecular weight excluding hydrogens is 196 g/mol. The first-order chi connectivity index (χ1) is 7.06. The SMILES string of the molecule is CCCC(=O)CN1CCN(C)C(=O)C1=O. The maximum Gasteiger partial charge on any atom is 0.312 e. The quantitative estimate of drug-likeness (QED) is 0.599. The second-order valence-electron chi connectivity index (χ2n) is 3.74. The molecule has 5 heteroatoms. The van der Waals surface area contributed by atoms with E-state index in [2.05, 4.69) is 0 Å². The Morgan fingerprint density at radius 2 is 1.93 bits per heavy atom. The van der Waals surface area contributed by atoms with Crippen LogP contribution in [0, 0.1) is 0 Å². The Balaban J connectivity index is 2.53. The lowest BCUT2D eigenvalue weighted by Crippen LogP contribution is -2.53. The zero-order valence-corrected chi connectivity index (χ0v) is 9.15. The number of rotatable bonds is 4. The van der Waals surface area contributed by atoms with Crippen LogP contribution in [0.4, 0.5) is 0 Å². The minimum absolute atomic E-state index is 0.0169. The van der Waals surface area contributed by atoms with Gasteiger partial charge in [0.15, 0.2) is 5.78 Å². The average molecular weight is 212 g/mol. The van der Waals surface area contributed by atoms with Gasteiger partial charge in [0.05, 0.1) is 6.54 Å². The number of ketones is 1. The fourth-order valence-corrected chi connectivity index (χ4v) is 1.49. The highest BCUT2D eigenvalue weighted by Crippen LogP contribution is 2.03. The summed E-state index contributed by atoms with van der Waals surface area (Å²) < 4.78 is 0. The molecule has 0 aromatic carbocycles. The topological polar surface area (TPSA) is 57.7 Å². The number of hydrogen-bond donors (Lipinski definition) is 0. The molecule has 15 heavy (non-hydrogen) atoms. The molecule has 0 aromatic rings. The highest BCUT2D eigenvalue weighted by Gasteiger charge is 2.30.